The van der Waals surface area contributed by atoms with Gasteiger partial charge in [0.05, 0.1) is 0 Å². The highest BCUT2D eigenvalue weighted by Crippen LogP contribution is 2.23. The molecular weight excluding hydrogens is 156 g/mol. The first-order chi connectivity index (χ1) is 5.63. The summed E-state index contributed by atoms with van der Waals surface area (Å²) in [6.07, 6.45) is 0. The van der Waals surface area contributed by atoms with Gasteiger partial charge in [-0.1, -0.05) is 0 Å². The molecule has 0 aromatic heterocycles. The SMILES string of the molecule is NC[C@H](N)c1cc(O)cc(O)c1. The van der Waals surface area contributed by atoms with Crippen molar-refractivity contribution in [2.24, 2.45) is 11.5 Å². The molecule has 0 bridgehead atoms. The lowest BCUT2D eigenvalue weighted by Crippen LogP contribution is -2.20. The van der Waals surface area contributed by atoms with E-state index in [2.05, 4.69) is 0 Å². The molecule has 0 fully saturated rings. The Bertz CT molecular complexity index is 256. The Morgan fingerprint density at radius 1 is 1.17 bits per heavy atom. The molecule has 0 aliphatic rings. The van der Waals surface area contributed by atoms with Crippen molar-refractivity contribution in [3.8, 4) is 11.5 Å². The highest BCUT2D eigenvalue weighted by molar-refractivity contribution is 5.38. The molecule has 0 unspecified atom stereocenters. The van der Waals surface area contributed by atoms with Crippen LogP contribution in [-0.4, -0.2) is 16.8 Å². The van der Waals surface area contributed by atoms with Crippen molar-refractivity contribution in [2.75, 3.05) is 6.54 Å². The summed E-state index contributed by atoms with van der Waals surface area (Å²) < 4.78 is 0. The molecule has 4 nitrogen and oxygen atoms in total. The molecule has 6 N–H and O–H groups in total. The van der Waals surface area contributed by atoms with Crippen LogP contribution in [0.15, 0.2) is 18.2 Å². The smallest absolute Gasteiger partial charge is 0.119 e. The van der Waals surface area contributed by atoms with Gasteiger partial charge in [0.25, 0.3) is 0 Å². The van der Waals surface area contributed by atoms with Crippen molar-refractivity contribution < 1.29 is 10.2 Å². The van der Waals surface area contributed by atoms with Crippen molar-refractivity contribution in [3.63, 3.8) is 0 Å². The largest absolute Gasteiger partial charge is 0.508 e. The summed E-state index contributed by atoms with van der Waals surface area (Å²) in [6, 6.07) is 3.87. The number of aromatic hydroxyl groups is 2. The van der Waals surface area contributed by atoms with Crippen LogP contribution < -0.4 is 11.5 Å². The van der Waals surface area contributed by atoms with Crippen LogP contribution in [0.25, 0.3) is 0 Å². The lowest BCUT2D eigenvalue weighted by molar-refractivity contribution is 0.448. The third kappa shape index (κ3) is 1.87. The van der Waals surface area contributed by atoms with E-state index in [4.69, 9.17) is 21.7 Å². The lowest BCUT2D eigenvalue weighted by Gasteiger charge is -2.09. The summed E-state index contributed by atoms with van der Waals surface area (Å²) in [4.78, 5) is 0. The molecule has 1 atom stereocenters. The van der Waals surface area contributed by atoms with Crippen molar-refractivity contribution in [3.05, 3.63) is 23.8 Å². The zero-order chi connectivity index (χ0) is 9.14. The highest BCUT2D eigenvalue weighted by Gasteiger charge is 2.05. The predicted molar refractivity (Wildman–Crippen MR) is 45.8 cm³/mol. The topological polar surface area (TPSA) is 92.5 Å². The van der Waals surface area contributed by atoms with Crippen molar-refractivity contribution in [1.82, 2.24) is 0 Å². The summed E-state index contributed by atoms with van der Waals surface area (Å²) >= 11 is 0. The number of phenolic OH excluding ortho intramolecular Hbond substituents is 2. The Hall–Kier alpha value is -1.26. The van der Waals surface area contributed by atoms with Gasteiger partial charge >= 0.3 is 0 Å². The Balaban J connectivity index is 3.00. The number of rotatable bonds is 2. The van der Waals surface area contributed by atoms with Gasteiger partial charge in [-0.05, 0) is 17.7 Å². The van der Waals surface area contributed by atoms with Crippen molar-refractivity contribution in [2.45, 2.75) is 6.04 Å². The first-order valence-corrected chi connectivity index (χ1v) is 3.62. The number of benzene rings is 1. The van der Waals surface area contributed by atoms with Crippen LogP contribution in [0.2, 0.25) is 0 Å². The van der Waals surface area contributed by atoms with E-state index in [9.17, 15) is 0 Å². The first kappa shape index (κ1) is 8.83. The van der Waals surface area contributed by atoms with Crippen LogP contribution in [0.4, 0.5) is 0 Å². The minimum absolute atomic E-state index is 0.00565. The molecule has 0 radical (unpaired) electrons. The molecule has 4 heteroatoms. The standard InChI is InChI=1S/C8H12N2O2/c9-4-8(10)5-1-6(11)3-7(12)2-5/h1-3,8,11-12H,4,9-10H2/t8-/m0/s1. The maximum atomic E-state index is 9.08. The van der Waals surface area contributed by atoms with E-state index < -0.39 is 0 Å². The molecule has 1 aromatic carbocycles. The maximum Gasteiger partial charge on any atom is 0.119 e. The van der Waals surface area contributed by atoms with Crippen molar-refractivity contribution >= 4 is 0 Å². The average molecular weight is 168 g/mol. The van der Waals surface area contributed by atoms with E-state index in [-0.39, 0.29) is 24.1 Å². The molecule has 1 aromatic rings. The Kier molecular flexibility index (Phi) is 2.52. The summed E-state index contributed by atoms with van der Waals surface area (Å²) in [6.45, 7) is 0.281. The van der Waals surface area contributed by atoms with Crippen LogP contribution >= 0.6 is 0 Å². The van der Waals surface area contributed by atoms with Crippen LogP contribution in [0.3, 0.4) is 0 Å². The highest BCUT2D eigenvalue weighted by atomic mass is 16.3. The Morgan fingerprint density at radius 3 is 2.08 bits per heavy atom. The third-order valence-corrected chi connectivity index (χ3v) is 1.61. The molecule has 1 rings (SSSR count). The summed E-state index contributed by atoms with van der Waals surface area (Å²) in [5.41, 5.74) is 11.5. The number of phenols is 2. The van der Waals surface area contributed by atoms with Gasteiger partial charge in [0.15, 0.2) is 0 Å². The Labute approximate surface area is 70.4 Å². The van der Waals surface area contributed by atoms with Gasteiger partial charge < -0.3 is 21.7 Å². The molecule has 0 amide bonds. The monoisotopic (exact) mass is 168 g/mol. The van der Waals surface area contributed by atoms with E-state index >= 15 is 0 Å². The average Bonchev–Trinajstić information content (AvgIpc) is 2.01. The normalized spacial score (nSPS) is 12.8. The quantitative estimate of drug-likeness (QED) is 0.502. The van der Waals surface area contributed by atoms with Gasteiger partial charge in [-0.2, -0.15) is 0 Å². The van der Waals surface area contributed by atoms with Gasteiger partial charge in [-0.15, -0.1) is 0 Å². The van der Waals surface area contributed by atoms with E-state index in [0.29, 0.717) is 5.56 Å². The van der Waals surface area contributed by atoms with E-state index in [1.807, 2.05) is 0 Å². The second-order valence-corrected chi connectivity index (χ2v) is 2.62. The van der Waals surface area contributed by atoms with E-state index in [1.54, 1.807) is 0 Å². The summed E-state index contributed by atoms with van der Waals surface area (Å²) in [5, 5.41) is 18.2. The molecule has 0 spiro atoms. The zero-order valence-electron chi connectivity index (χ0n) is 6.57. The number of hydrogen-bond donors (Lipinski definition) is 4. The fourth-order valence-corrected chi connectivity index (χ4v) is 0.968. The molecule has 0 aliphatic carbocycles. The third-order valence-electron chi connectivity index (χ3n) is 1.61. The fourth-order valence-electron chi connectivity index (χ4n) is 0.968. The second-order valence-electron chi connectivity index (χ2n) is 2.62. The van der Waals surface area contributed by atoms with Gasteiger partial charge in [0.1, 0.15) is 11.5 Å². The predicted octanol–water partition coefficient (Wildman–Crippen LogP) is 0.0563. The van der Waals surface area contributed by atoms with Gasteiger partial charge in [-0.25, -0.2) is 0 Å². The van der Waals surface area contributed by atoms with Crippen LogP contribution in [0, 0.1) is 0 Å². The van der Waals surface area contributed by atoms with Crippen molar-refractivity contribution in [1.29, 1.82) is 0 Å². The molecule has 0 saturated carbocycles. The van der Waals surface area contributed by atoms with E-state index in [0.717, 1.165) is 0 Å². The molecule has 0 saturated heterocycles. The van der Waals surface area contributed by atoms with Gasteiger partial charge in [0, 0.05) is 18.7 Å². The van der Waals surface area contributed by atoms with Crippen LogP contribution in [0.5, 0.6) is 11.5 Å². The fraction of sp³-hybridized carbons (Fsp3) is 0.250. The number of hydrogen-bond acceptors (Lipinski definition) is 4. The first-order valence-electron chi connectivity index (χ1n) is 3.62. The minimum atomic E-state index is -0.344. The molecule has 66 valence electrons. The maximum absolute atomic E-state index is 9.08. The second kappa shape index (κ2) is 3.42. The Morgan fingerprint density at radius 2 is 1.67 bits per heavy atom. The number of nitrogens with two attached hydrogens (primary N) is 2. The molecule has 0 heterocycles. The summed E-state index contributed by atoms with van der Waals surface area (Å²) in [7, 11) is 0. The van der Waals surface area contributed by atoms with Crippen LogP contribution in [-0.2, 0) is 0 Å². The minimum Gasteiger partial charge on any atom is -0.508 e. The van der Waals surface area contributed by atoms with Crippen LogP contribution in [0.1, 0.15) is 11.6 Å². The van der Waals surface area contributed by atoms with Gasteiger partial charge in [-0.3, -0.25) is 0 Å². The zero-order valence-corrected chi connectivity index (χ0v) is 6.57. The molecular formula is C8H12N2O2. The molecule has 0 aliphatic heterocycles. The van der Waals surface area contributed by atoms with Gasteiger partial charge in [0.2, 0.25) is 0 Å². The lowest BCUT2D eigenvalue weighted by atomic mass is 10.1. The summed E-state index contributed by atoms with van der Waals surface area (Å²) in [5.74, 6) is -0.0113. The molecule has 12 heavy (non-hydrogen) atoms. The van der Waals surface area contributed by atoms with E-state index in [1.165, 1.54) is 18.2 Å².